The Kier molecular flexibility index (Phi) is 6.68. The third-order valence-corrected chi connectivity index (χ3v) is 6.80. The Hall–Kier alpha value is -3.08. The molecule has 4 heterocycles. The third kappa shape index (κ3) is 4.69. The average molecular weight is 559 g/mol. The van der Waals surface area contributed by atoms with Crippen molar-refractivity contribution in [1.82, 2.24) is 29.8 Å². The molecule has 0 radical (unpaired) electrons. The van der Waals surface area contributed by atoms with Crippen LogP contribution in [0.4, 0.5) is 13.2 Å². The number of nitrogens with zero attached hydrogens (tertiary/aromatic N) is 6. The fraction of sp³-hybridized carbons (Fsp3) is 0.333. The number of ether oxygens (including phenoxy) is 1. The minimum absolute atomic E-state index is 0.0142. The Labute approximate surface area is 215 Å². The van der Waals surface area contributed by atoms with Crippen LogP contribution < -0.4 is 0 Å². The summed E-state index contributed by atoms with van der Waals surface area (Å²) in [7, 11) is 0. The lowest BCUT2D eigenvalue weighted by Crippen LogP contribution is -2.53. The molecule has 16 heteroatoms. The van der Waals surface area contributed by atoms with E-state index in [4.69, 9.17) is 16.3 Å². The van der Waals surface area contributed by atoms with Crippen molar-refractivity contribution in [2.45, 2.75) is 36.6 Å². The number of rotatable bonds is 5. The fourth-order valence-electron chi connectivity index (χ4n) is 4.23. The second kappa shape index (κ2) is 9.66. The van der Waals surface area contributed by atoms with E-state index in [1.165, 1.54) is 23.8 Å². The van der Waals surface area contributed by atoms with Crippen molar-refractivity contribution < 1.29 is 38.3 Å². The Morgan fingerprint density at radius 1 is 1.14 bits per heavy atom. The van der Waals surface area contributed by atoms with Gasteiger partial charge in [0.1, 0.15) is 41.8 Å². The molecule has 0 aliphatic carbocycles. The molecule has 0 spiro atoms. The van der Waals surface area contributed by atoms with Crippen LogP contribution in [0.3, 0.4) is 0 Å². The number of hydrogen-bond acceptors (Lipinski definition) is 10. The Morgan fingerprint density at radius 2 is 1.92 bits per heavy atom. The van der Waals surface area contributed by atoms with E-state index in [2.05, 4.69) is 20.4 Å². The lowest BCUT2D eigenvalue weighted by Gasteiger charge is -2.42. The predicted octanol–water partition coefficient (Wildman–Crippen LogP) is 2.36. The van der Waals surface area contributed by atoms with Crippen LogP contribution >= 0.6 is 22.9 Å². The number of aromatic nitrogens is 6. The van der Waals surface area contributed by atoms with E-state index in [1.807, 2.05) is 0 Å². The van der Waals surface area contributed by atoms with Crippen LogP contribution in [0, 0.1) is 0 Å². The van der Waals surface area contributed by atoms with Gasteiger partial charge in [-0.15, -0.1) is 5.10 Å². The van der Waals surface area contributed by atoms with Gasteiger partial charge >= 0.3 is 6.18 Å². The van der Waals surface area contributed by atoms with E-state index in [9.17, 15) is 33.6 Å². The number of hydrogen-bond donors (Lipinski definition) is 4. The van der Waals surface area contributed by atoms with Gasteiger partial charge < -0.3 is 25.2 Å². The first-order valence-electron chi connectivity index (χ1n) is 10.7. The molecule has 5 rings (SSSR count). The highest BCUT2D eigenvalue weighted by Crippen LogP contribution is 2.41. The van der Waals surface area contributed by atoms with Gasteiger partial charge in [0, 0.05) is 16.6 Å². The zero-order chi connectivity index (χ0) is 26.5. The largest absolute Gasteiger partial charge is 0.486 e. The Bertz CT molecular complexity index is 1410. The van der Waals surface area contributed by atoms with E-state index >= 15 is 0 Å². The monoisotopic (exact) mass is 558 g/mol. The van der Waals surface area contributed by atoms with E-state index < -0.39 is 54.5 Å². The zero-order valence-electron chi connectivity index (χ0n) is 18.4. The molecule has 0 saturated carbocycles. The summed E-state index contributed by atoms with van der Waals surface area (Å²) in [5.74, 6) is 0. The van der Waals surface area contributed by atoms with E-state index in [-0.39, 0.29) is 21.6 Å². The van der Waals surface area contributed by atoms with Crippen LogP contribution in [0.5, 0.6) is 5.19 Å². The number of benzene rings is 1. The summed E-state index contributed by atoms with van der Waals surface area (Å²) < 4.78 is 49.1. The van der Waals surface area contributed by atoms with Crippen molar-refractivity contribution in [3.05, 3.63) is 58.3 Å². The highest BCUT2D eigenvalue weighted by Gasteiger charge is 2.48. The first kappa shape index (κ1) is 25.6. The molecule has 11 nitrogen and oxygen atoms in total. The van der Waals surface area contributed by atoms with Gasteiger partial charge in [-0.2, -0.15) is 18.3 Å². The van der Waals surface area contributed by atoms with E-state index in [0.29, 0.717) is 5.69 Å². The summed E-state index contributed by atoms with van der Waals surface area (Å²) in [5.41, 5.74) is -0.863. The first-order chi connectivity index (χ1) is 17.6. The summed E-state index contributed by atoms with van der Waals surface area (Å²) >= 11 is 6.95. The van der Waals surface area contributed by atoms with Crippen molar-refractivity contribution >= 4 is 22.9 Å². The zero-order valence-corrected chi connectivity index (χ0v) is 20.0. The number of alkyl halides is 3. The maximum atomic E-state index is 13.7. The van der Waals surface area contributed by atoms with Crippen LogP contribution in [-0.2, 0) is 10.9 Å². The topological polar surface area (TPSA) is 152 Å². The van der Waals surface area contributed by atoms with Gasteiger partial charge in [-0.25, -0.2) is 14.3 Å². The molecule has 1 fully saturated rings. The number of thiazole rings is 1. The van der Waals surface area contributed by atoms with Crippen molar-refractivity contribution in [1.29, 1.82) is 0 Å². The maximum Gasteiger partial charge on any atom is 0.418 e. The Balaban J connectivity index is 1.55. The quantitative estimate of drug-likeness (QED) is 0.289. The lowest BCUT2D eigenvalue weighted by atomic mass is 9.91. The van der Waals surface area contributed by atoms with Crippen molar-refractivity contribution in [3.8, 4) is 22.3 Å². The summed E-state index contributed by atoms with van der Waals surface area (Å²) in [6, 6.07) is 3.12. The van der Waals surface area contributed by atoms with Gasteiger partial charge in [0.05, 0.1) is 29.7 Å². The van der Waals surface area contributed by atoms with Crippen molar-refractivity contribution in [2.24, 2.45) is 0 Å². The van der Waals surface area contributed by atoms with Crippen LogP contribution in [0.15, 0.2) is 42.0 Å². The summed E-state index contributed by atoms with van der Waals surface area (Å²) in [6.07, 6.45) is -7.75. The van der Waals surface area contributed by atoms with Crippen LogP contribution in [-0.4, -0.2) is 75.1 Å². The molecular formula is C21H18ClF3N6O5S. The first-order valence-corrected chi connectivity index (χ1v) is 11.9. The van der Waals surface area contributed by atoms with Gasteiger partial charge in [-0.3, -0.25) is 0 Å². The van der Waals surface area contributed by atoms with Gasteiger partial charge in [-0.1, -0.05) is 28.2 Å². The Morgan fingerprint density at radius 3 is 2.59 bits per heavy atom. The molecule has 4 aromatic rings. The average Bonchev–Trinajstić information content (AvgIpc) is 3.59. The molecule has 3 aromatic heterocycles. The molecule has 0 bridgehead atoms. The van der Waals surface area contributed by atoms with Gasteiger partial charge in [-0.05, 0) is 24.3 Å². The van der Waals surface area contributed by atoms with Crippen molar-refractivity contribution in [3.63, 3.8) is 0 Å². The number of halogens is 4. The molecule has 4 N–H and O–H groups in total. The smallest absolute Gasteiger partial charge is 0.418 e. The highest BCUT2D eigenvalue weighted by molar-refractivity contribution is 7.11. The number of aromatic hydroxyl groups is 1. The molecule has 0 amide bonds. The number of aliphatic hydroxyl groups excluding tert-OH is 3. The summed E-state index contributed by atoms with van der Waals surface area (Å²) in [6.45, 7) is -0.665. The van der Waals surface area contributed by atoms with Gasteiger partial charge in [0.2, 0.25) is 0 Å². The van der Waals surface area contributed by atoms with E-state index in [1.54, 1.807) is 0 Å². The third-order valence-electron chi connectivity index (χ3n) is 5.92. The summed E-state index contributed by atoms with van der Waals surface area (Å²) in [5, 5.41) is 54.8. The van der Waals surface area contributed by atoms with Crippen LogP contribution in [0.25, 0.3) is 17.1 Å². The standard InChI is InChI=1S/C21H18ClF3N6O5S/c22-9-1-2-10(21(23,24)25)14(5-9)31-13(3-4-26-31)19-18(34)16(17(33)15(7-32)36-19)30-6-11(28-29-30)12-8-37-20(35)27-12/h1-6,8,15-19,32-34H,7H2,(H,27,35)/t15-,16+,17+,18-,19+/m1/s1. The second-order valence-electron chi connectivity index (χ2n) is 8.18. The van der Waals surface area contributed by atoms with Crippen LogP contribution in [0.1, 0.15) is 23.4 Å². The second-order valence-corrected chi connectivity index (χ2v) is 9.45. The molecule has 5 atom stereocenters. The SMILES string of the molecule is OC[C@H]1O[C@@H](c2ccnn2-c2cc(Cl)ccc2C(F)(F)F)[C@H](O)[C@@H](n2cc(-c3csc(O)n3)nn2)[C@H]1O. The van der Waals surface area contributed by atoms with Crippen molar-refractivity contribution in [2.75, 3.05) is 6.61 Å². The lowest BCUT2D eigenvalue weighted by molar-refractivity contribution is -0.209. The fourth-order valence-corrected chi connectivity index (χ4v) is 4.94. The molecule has 1 aromatic carbocycles. The van der Waals surface area contributed by atoms with E-state index in [0.717, 1.165) is 38.9 Å². The maximum absolute atomic E-state index is 13.7. The molecule has 1 aliphatic rings. The summed E-state index contributed by atoms with van der Waals surface area (Å²) in [4.78, 5) is 3.90. The minimum Gasteiger partial charge on any atom is -0.486 e. The predicted molar refractivity (Wildman–Crippen MR) is 122 cm³/mol. The molecule has 0 unspecified atom stereocenters. The molecule has 37 heavy (non-hydrogen) atoms. The normalized spacial score (nSPS) is 24.5. The van der Waals surface area contributed by atoms with Gasteiger partial charge in [0.15, 0.2) is 0 Å². The van der Waals surface area contributed by atoms with Gasteiger partial charge in [0.25, 0.3) is 5.19 Å². The molecule has 1 saturated heterocycles. The van der Waals surface area contributed by atoms with Crippen LogP contribution in [0.2, 0.25) is 5.02 Å². The highest BCUT2D eigenvalue weighted by atomic mass is 35.5. The molecule has 196 valence electrons. The number of aliphatic hydroxyl groups is 3. The minimum atomic E-state index is -4.73. The molecule has 1 aliphatic heterocycles. The molecular weight excluding hydrogens is 541 g/mol.